The van der Waals surface area contributed by atoms with Crippen molar-refractivity contribution in [2.75, 3.05) is 22.9 Å². The number of nitrogens with one attached hydrogen (secondary N) is 3. The molecule has 2 amide bonds. The number of halogens is 4. The number of nitrogens with two attached hydrogens (primary N) is 1. The Morgan fingerprint density at radius 1 is 1.11 bits per heavy atom. The van der Waals surface area contributed by atoms with Gasteiger partial charge in [-0.15, -0.1) is 0 Å². The number of aromatic nitrogens is 3. The van der Waals surface area contributed by atoms with Gasteiger partial charge in [0, 0.05) is 30.5 Å². The monoisotopic (exact) mass is 501 g/mol. The van der Waals surface area contributed by atoms with Crippen LogP contribution in [0.1, 0.15) is 17.5 Å². The topological polar surface area (TPSA) is 109 Å². The summed E-state index contributed by atoms with van der Waals surface area (Å²) < 4.78 is 52.9. The van der Waals surface area contributed by atoms with Crippen molar-refractivity contribution in [1.29, 1.82) is 0 Å². The fourth-order valence-corrected chi connectivity index (χ4v) is 3.73. The maximum Gasteiger partial charge on any atom is 0.390 e. The van der Waals surface area contributed by atoms with Gasteiger partial charge < -0.3 is 21.7 Å². The molecule has 0 spiro atoms. The van der Waals surface area contributed by atoms with E-state index in [0.717, 1.165) is 5.56 Å². The molecule has 0 saturated carbocycles. The van der Waals surface area contributed by atoms with Crippen molar-refractivity contribution in [2.45, 2.75) is 26.1 Å². The summed E-state index contributed by atoms with van der Waals surface area (Å²) in [7, 11) is 0. The highest BCUT2D eigenvalue weighted by molar-refractivity contribution is 6.00. The maximum atomic E-state index is 13.9. The van der Waals surface area contributed by atoms with Crippen LogP contribution in [0.3, 0.4) is 0 Å². The van der Waals surface area contributed by atoms with Gasteiger partial charge in [0.05, 0.1) is 12.1 Å². The fraction of sp³-hybridized carbons (Fsp3) is 0.208. The number of aryl methyl sites for hydroxylation is 1. The van der Waals surface area contributed by atoms with E-state index in [9.17, 15) is 22.4 Å². The first-order chi connectivity index (χ1) is 17.1. The van der Waals surface area contributed by atoms with Gasteiger partial charge in [0.2, 0.25) is 0 Å². The second-order valence-electron chi connectivity index (χ2n) is 8.15. The van der Waals surface area contributed by atoms with E-state index in [-0.39, 0.29) is 24.6 Å². The molecule has 4 rings (SSSR count). The van der Waals surface area contributed by atoms with Crippen LogP contribution in [-0.4, -0.2) is 33.4 Å². The lowest BCUT2D eigenvalue weighted by atomic mass is 10.0. The van der Waals surface area contributed by atoms with Gasteiger partial charge in [0.15, 0.2) is 5.82 Å². The summed E-state index contributed by atoms with van der Waals surface area (Å²) in [5.74, 6) is -0.342. The van der Waals surface area contributed by atoms with Gasteiger partial charge in [-0.3, -0.25) is 0 Å². The first-order valence-corrected chi connectivity index (χ1v) is 10.9. The Kier molecular flexibility index (Phi) is 7.06. The zero-order valence-electron chi connectivity index (χ0n) is 19.2. The number of hydrogen-bond acceptors (Lipinski definition) is 5. The molecule has 2 heterocycles. The molecule has 8 nitrogen and oxygen atoms in total. The van der Waals surface area contributed by atoms with E-state index < -0.39 is 24.4 Å². The van der Waals surface area contributed by atoms with Crippen LogP contribution < -0.4 is 21.7 Å². The van der Waals surface area contributed by atoms with Crippen molar-refractivity contribution in [2.24, 2.45) is 0 Å². The minimum Gasteiger partial charge on any atom is -0.382 e. The normalized spacial score (nSPS) is 11.6. The van der Waals surface area contributed by atoms with Crippen LogP contribution in [0, 0.1) is 12.7 Å². The number of alkyl halides is 3. The number of rotatable bonds is 7. The highest BCUT2D eigenvalue weighted by Crippen LogP contribution is 2.33. The molecule has 0 aliphatic heterocycles. The van der Waals surface area contributed by atoms with Gasteiger partial charge in [-0.25, -0.2) is 18.7 Å². The van der Waals surface area contributed by atoms with Crippen molar-refractivity contribution >= 4 is 28.7 Å². The van der Waals surface area contributed by atoms with Crippen LogP contribution in [0.15, 0.2) is 55.0 Å². The summed E-state index contributed by atoms with van der Waals surface area (Å²) >= 11 is 0. The van der Waals surface area contributed by atoms with Gasteiger partial charge >= 0.3 is 12.2 Å². The van der Waals surface area contributed by atoms with Crippen LogP contribution in [0.4, 0.5) is 39.5 Å². The van der Waals surface area contributed by atoms with Crippen molar-refractivity contribution in [3.05, 3.63) is 71.9 Å². The smallest absolute Gasteiger partial charge is 0.382 e. The molecule has 36 heavy (non-hydrogen) atoms. The molecule has 188 valence electrons. The standard InChI is InChI=1S/C24H23F4N7O/c1-14-2-7-18(25)19(10-14)34-23(36)33-17-5-3-15(4-6-17)20-16(11-30-9-8-24(26,27)28)12-35-21(20)22(29)31-13-32-35/h2-7,10,12-13,30H,8-9,11H2,1H3,(H2,29,31,32)(H2,33,34,36). The molecular formula is C24H23F4N7O. The predicted octanol–water partition coefficient (Wildman–Crippen LogP) is 5.11. The number of nitrogen functional groups attached to an aromatic ring is 1. The Morgan fingerprint density at radius 3 is 2.58 bits per heavy atom. The number of carbonyl (C=O) groups is 1. The minimum absolute atomic E-state index is 0.0579. The van der Waals surface area contributed by atoms with Gasteiger partial charge in [-0.2, -0.15) is 18.3 Å². The number of fused-ring (bicyclic) bond motifs is 1. The van der Waals surface area contributed by atoms with Gasteiger partial charge in [0.1, 0.15) is 17.7 Å². The Labute approximate surface area is 203 Å². The quantitative estimate of drug-likeness (QED) is 0.208. The zero-order chi connectivity index (χ0) is 25.9. The molecule has 0 bridgehead atoms. The summed E-state index contributed by atoms with van der Waals surface area (Å²) in [6, 6.07) is 10.5. The van der Waals surface area contributed by atoms with E-state index in [0.29, 0.717) is 27.9 Å². The van der Waals surface area contributed by atoms with E-state index in [4.69, 9.17) is 5.73 Å². The SMILES string of the molecule is Cc1ccc(F)c(NC(=O)Nc2ccc(-c3c(CNCCC(F)(F)F)cn4ncnc(N)c34)cc2)c1. The predicted molar refractivity (Wildman–Crippen MR) is 129 cm³/mol. The molecule has 2 aromatic heterocycles. The second-order valence-corrected chi connectivity index (χ2v) is 8.15. The third-order valence-electron chi connectivity index (χ3n) is 5.38. The molecular weight excluding hydrogens is 478 g/mol. The summed E-state index contributed by atoms with van der Waals surface area (Å²) in [5, 5.41) is 12.1. The summed E-state index contributed by atoms with van der Waals surface area (Å²) in [6.07, 6.45) is -2.24. The molecule has 0 aliphatic carbocycles. The molecule has 0 aliphatic rings. The number of nitrogens with zero attached hydrogens (tertiary/aromatic N) is 3. The number of amides is 2. The largest absolute Gasteiger partial charge is 0.390 e. The molecule has 5 N–H and O–H groups in total. The Bertz CT molecular complexity index is 1380. The first kappa shape index (κ1) is 24.9. The molecule has 0 saturated heterocycles. The molecule has 0 unspecified atom stereocenters. The molecule has 0 radical (unpaired) electrons. The molecule has 12 heteroatoms. The van der Waals surface area contributed by atoms with Crippen molar-refractivity contribution < 1.29 is 22.4 Å². The van der Waals surface area contributed by atoms with E-state index in [1.54, 1.807) is 43.5 Å². The number of benzene rings is 2. The number of anilines is 3. The van der Waals surface area contributed by atoms with E-state index in [1.807, 2.05) is 0 Å². The molecule has 0 fully saturated rings. The highest BCUT2D eigenvalue weighted by atomic mass is 19.4. The zero-order valence-corrected chi connectivity index (χ0v) is 19.2. The average molecular weight is 501 g/mol. The lowest BCUT2D eigenvalue weighted by molar-refractivity contribution is -0.133. The van der Waals surface area contributed by atoms with Crippen LogP contribution in [0.25, 0.3) is 16.6 Å². The number of hydrogen-bond donors (Lipinski definition) is 4. The highest BCUT2D eigenvalue weighted by Gasteiger charge is 2.26. The van der Waals surface area contributed by atoms with Crippen LogP contribution >= 0.6 is 0 Å². The third-order valence-corrected chi connectivity index (χ3v) is 5.38. The summed E-state index contributed by atoms with van der Waals surface area (Å²) in [4.78, 5) is 16.4. The van der Waals surface area contributed by atoms with Crippen molar-refractivity contribution in [1.82, 2.24) is 19.9 Å². The van der Waals surface area contributed by atoms with E-state index in [2.05, 4.69) is 26.0 Å². The average Bonchev–Trinajstić information content (AvgIpc) is 3.19. The Balaban J connectivity index is 1.54. The Hall–Kier alpha value is -4.19. The molecule has 0 atom stereocenters. The number of carbonyl (C=O) groups excluding carboxylic acids is 1. The number of urea groups is 1. The molecule has 4 aromatic rings. The van der Waals surface area contributed by atoms with Crippen molar-refractivity contribution in [3.63, 3.8) is 0 Å². The van der Waals surface area contributed by atoms with Crippen LogP contribution in [0.5, 0.6) is 0 Å². The third kappa shape index (κ3) is 5.89. The van der Waals surface area contributed by atoms with Gasteiger partial charge in [-0.1, -0.05) is 18.2 Å². The van der Waals surface area contributed by atoms with Gasteiger partial charge in [-0.05, 0) is 47.9 Å². The Morgan fingerprint density at radius 2 is 1.86 bits per heavy atom. The second kappa shape index (κ2) is 10.2. The summed E-state index contributed by atoms with van der Waals surface area (Å²) in [6.45, 7) is 1.69. The van der Waals surface area contributed by atoms with E-state index >= 15 is 0 Å². The lowest BCUT2D eigenvalue weighted by Gasteiger charge is -2.11. The summed E-state index contributed by atoms with van der Waals surface area (Å²) in [5.41, 5.74) is 9.92. The lowest BCUT2D eigenvalue weighted by Crippen LogP contribution is -2.21. The van der Waals surface area contributed by atoms with Crippen molar-refractivity contribution in [3.8, 4) is 11.1 Å². The molecule has 2 aromatic carbocycles. The van der Waals surface area contributed by atoms with Gasteiger partial charge in [0.25, 0.3) is 0 Å². The first-order valence-electron chi connectivity index (χ1n) is 10.9. The van der Waals surface area contributed by atoms with E-state index in [1.165, 1.54) is 23.0 Å². The fourth-order valence-electron chi connectivity index (χ4n) is 3.73. The maximum absolute atomic E-state index is 13.9. The van der Waals surface area contributed by atoms with Crippen LogP contribution in [0.2, 0.25) is 0 Å². The van der Waals surface area contributed by atoms with Crippen LogP contribution in [-0.2, 0) is 6.54 Å². The minimum atomic E-state index is -4.25.